The number of aliphatic hydroxyl groups excluding tert-OH is 1. The monoisotopic (exact) mass is 397 g/mol. The maximum absolute atomic E-state index is 12.3. The summed E-state index contributed by atoms with van der Waals surface area (Å²) < 4.78 is 5.77. The van der Waals surface area contributed by atoms with Crippen molar-refractivity contribution >= 4 is 5.97 Å². The van der Waals surface area contributed by atoms with Crippen molar-refractivity contribution in [2.45, 2.75) is 66.2 Å². The molecular formula is C25H35NO3. The largest absolute Gasteiger partial charge is 0.426 e. The molecule has 1 atom stereocenters. The van der Waals surface area contributed by atoms with E-state index in [1.54, 1.807) is 0 Å². The first-order valence-electron chi connectivity index (χ1n) is 10.5. The Labute approximate surface area is 175 Å². The summed E-state index contributed by atoms with van der Waals surface area (Å²) in [5, 5.41) is 9.72. The van der Waals surface area contributed by atoms with Crippen molar-refractivity contribution < 1.29 is 14.6 Å². The predicted molar refractivity (Wildman–Crippen MR) is 118 cm³/mol. The van der Waals surface area contributed by atoms with Crippen LogP contribution in [0.3, 0.4) is 0 Å². The van der Waals surface area contributed by atoms with E-state index in [2.05, 4.69) is 44.7 Å². The van der Waals surface area contributed by atoms with Crippen LogP contribution in [-0.2, 0) is 11.4 Å². The first-order valence-corrected chi connectivity index (χ1v) is 10.5. The summed E-state index contributed by atoms with van der Waals surface area (Å²) in [6, 6.07) is 16.7. The lowest BCUT2D eigenvalue weighted by Crippen LogP contribution is -2.40. The zero-order valence-electron chi connectivity index (χ0n) is 18.6. The van der Waals surface area contributed by atoms with Crippen LogP contribution in [0.25, 0.3) is 0 Å². The molecule has 1 N–H and O–H groups in total. The Bertz CT molecular complexity index is 776. The predicted octanol–water partition coefficient (Wildman–Crippen LogP) is 4.99. The highest BCUT2D eigenvalue weighted by Crippen LogP contribution is 2.35. The summed E-state index contributed by atoms with van der Waals surface area (Å²) in [4.78, 5) is 14.8. The molecule has 0 saturated heterocycles. The van der Waals surface area contributed by atoms with Crippen molar-refractivity contribution in [3.05, 3.63) is 65.2 Å². The molecule has 0 aliphatic rings. The Balaban J connectivity index is 2.57. The van der Waals surface area contributed by atoms with E-state index in [0.29, 0.717) is 17.8 Å². The molecule has 2 aromatic rings. The van der Waals surface area contributed by atoms with Gasteiger partial charge >= 0.3 is 5.97 Å². The molecule has 0 heterocycles. The summed E-state index contributed by atoms with van der Waals surface area (Å²) in [6.45, 7) is 13.2. The van der Waals surface area contributed by atoms with Gasteiger partial charge in [-0.1, -0.05) is 50.2 Å². The number of hydrogen-bond donors (Lipinski definition) is 1. The second-order valence-corrected chi connectivity index (χ2v) is 8.45. The van der Waals surface area contributed by atoms with E-state index in [1.165, 1.54) is 0 Å². The van der Waals surface area contributed by atoms with Crippen molar-refractivity contribution in [3.8, 4) is 5.75 Å². The number of hydrogen-bond acceptors (Lipinski definition) is 4. The number of ether oxygens (including phenoxy) is 1. The molecule has 0 amide bonds. The highest BCUT2D eigenvalue weighted by Gasteiger charge is 2.26. The van der Waals surface area contributed by atoms with Gasteiger partial charge in [-0.25, -0.2) is 0 Å². The van der Waals surface area contributed by atoms with Crippen LogP contribution in [0.2, 0.25) is 0 Å². The fourth-order valence-corrected chi connectivity index (χ4v) is 3.59. The molecule has 0 aliphatic heterocycles. The number of aliphatic hydroxyl groups is 1. The third kappa shape index (κ3) is 6.15. The van der Waals surface area contributed by atoms with Crippen LogP contribution in [-0.4, -0.2) is 34.6 Å². The standard InChI is InChI=1S/C25H35NO3/c1-17(2)25(28)29-24-13-12-20(16-27)14-22(24)23(21-10-8-7-9-11-21)15-26(18(3)4)19(5)6/h7-14,17-19,23,27H,15-16H2,1-6H3. The van der Waals surface area contributed by atoms with Gasteiger partial charge in [0.1, 0.15) is 5.75 Å². The van der Waals surface area contributed by atoms with Crippen LogP contribution >= 0.6 is 0 Å². The zero-order valence-corrected chi connectivity index (χ0v) is 18.6. The molecule has 0 aliphatic carbocycles. The van der Waals surface area contributed by atoms with Crippen LogP contribution in [0.1, 0.15) is 64.2 Å². The smallest absolute Gasteiger partial charge is 0.313 e. The minimum atomic E-state index is -0.251. The highest BCUT2D eigenvalue weighted by atomic mass is 16.5. The number of benzene rings is 2. The summed E-state index contributed by atoms with van der Waals surface area (Å²) in [5.74, 6) is 0.127. The van der Waals surface area contributed by atoms with Crippen LogP contribution in [0, 0.1) is 5.92 Å². The third-order valence-corrected chi connectivity index (χ3v) is 5.24. The van der Waals surface area contributed by atoms with E-state index in [9.17, 15) is 9.90 Å². The Hall–Kier alpha value is -2.17. The molecule has 4 nitrogen and oxygen atoms in total. The van der Waals surface area contributed by atoms with E-state index in [-0.39, 0.29) is 24.4 Å². The number of esters is 1. The second-order valence-electron chi connectivity index (χ2n) is 8.45. The van der Waals surface area contributed by atoms with Gasteiger partial charge in [0.15, 0.2) is 0 Å². The topological polar surface area (TPSA) is 49.8 Å². The molecule has 0 spiro atoms. The molecule has 0 bridgehead atoms. The average molecular weight is 398 g/mol. The van der Waals surface area contributed by atoms with Crippen molar-refractivity contribution in [1.29, 1.82) is 0 Å². The minimum absolute atomic E-state index is 0.0162. The summed E-state index contributed by atoms with van der Waals surface area (Å²) in [6.07, 6.45) is 0. The SMILES string of the molecule is CC(C)C(=O)Oc1ccc(CO)cc1C(CN(C(C)C)C(C)C)c1ccccc1. The summed E-state index contributed by atoms with van der Waals surface area (Å²) >= 11 is 0. The molecule has 2 rings (SSSR count). The fraction of sp³-hybridized carbons (Fsp3) is 0.480. The summed E-state index contributed by atoms with van der Waals surface area (Å²) in [7, 11) is 0. The molecule has 158 valence electrons. The van der Waals surface area contributed by atoms with Gasteiger partial charge in [-0.3, -0.25) is 9.69 Å². The molecule has 0 fully saturated rings. The van der Waals surface area contributed by atoms with Gasteiger partial charge < -0.3 is 9.84 Å². The third-order valence-electron chi connectivity index (χ3n) is 5.24. The summed E-state index contributed by atoms with van der Waals surface area (Å²) in [5.41, 5.74) is 2.91. The molecule has 4 heteroatoms. The van der Waals surface area contributed by atoms with E-state index < -0.39 is 0 Å². The van der Waals surface area contributed by atoms with Gasteiger partial charge in [-0.15, -0.1) is 0 Å². The zero-order chi connectivity index (χ0) is 21.6. The van der Waals surface area contributed by atoms with Gasteiger partial charge in [0, 0.05) is 30.1 Å². The Kier molecular flexibility index (Phi) is 8.42. The van der Waals surface area contributed by atoms with Crippen molar-refractivity contribution in [3.63, 3.8) is 0 Å². The lowest BCUT2D eigenvalue weighted by Gasteiger charge is -2.35. The van der Waals surface area contributed by atoms with Crippen LogP contribution in [0.15, 0.2) is 48.5 Å². The normalized spacial score (nSPS) is 12.8. The van der Waals surface area contributed by atoms with Gasteiger partial charge in [0.05, 0.1) is 12.5 Å². The lowest BCUT2D eigenvalue weighted by atomic mass is 9.88. The molecule has 0 saturated carbocycles. The molecule has 2 aromatic carbocycles. The van der Waals surface area contributed by atoms with Gasteiger partial charge in [0.2, 0.25) is 0 Å². The Morgan fingerprint density at radius 1 is 0.966 bits per heavy atom. The number of rotatable bonds is 9. The van der Waals surface area contributed by atoms with Crippen molar-refractivity contribution in [2.24, 2.45) is 5.92 Å². The van der Waals surface area contributed by atoms with Gasteiger partial charge in [0.25, 0.3) is 0 Å². The number of carbonyl (C=O) groups excluding carboxylic acids is 1. The number of nitrogens with zero attached hydrogens (tertiary/aromatic N) is 1. The maximum Gasteiger partial charge on any atom is 0.313 e. The van der Waals surface area contributed by atoms with E-state index in [1.807, 2.05) is 50.2 Å². The fourth-order valence-electron chi connectivity index (χ4n) is 3.59. The van der Waals surface area contributed by atoms with Gasteiger partial charge in [-0.05, 0) is 51.0 Å². The lowest BCUT2D eigenvalue weighted by molar-refractivity contribution is -0.137. The molecule has 0 aromatic heterocycles. The minimum Gasteiger partial charge on any atom is -0.426 e. The van der Waals surface area contributed by atoms with Crippen molar-refractivity contribution in [1.82, 2.24) is 4.90 Å². The van der Waals surface area contributed by atoms with Crippen LogP contribution in [0.4, 0.5) is 0 Å². The quantitative estimate of drug-likeness (QED) is 0.478. The second kappa shape index (κ2) is 10.6. The van der Waals surface area contributed by atoms with E-state index in [0.717, 1.165) is 23.2 Å². The van der Waals surface area contributed by atoms with E-state index in [4.69, 9.17) is 4.74 Å². The van der Waals surface area contributed by atoms with E-state index >= 15 is 0 Å². The number of carbonyl (C=O) groups is 1. The van der Waals surface area contributed by atoms with Crippen LogP contribution in [0.5, 0.6) is 5.75 Å². The Morgan fingerprint density at radius 3 is 2.10 bits per heavy atom. The van der Waals surface area contributed by atoms with Crippen LogP contribution < -0.4 is 4.74 Å². The molecular weight excluding hydrogens is 362 g/mol. The molecule has 29 heavy (non-hydrogen) atoms. The first kappa shape index (κ1) is 23.1. The first-order chi connectivity index (χ1) is 13.7. The average Bonchev–Trinajstić information content (AvgIpc) is 2.69. The molecule has 0 radical (unpaired) electrons. The highest BCUT2D eigenvalue weighted by molar-refractivity contribution is 5.75. The molecule has 1 unspecified atom stereocenters. The maximum atomic E-state index is 12.3. The van der Waals surface area contributed by atoms with Crippen molar-refractivity contribution in [2.75, 3.05) is 6.54 Å². The van der Waals surface area contributed by atoms with Gasteiger partial charge in [-0.2, -0.15) is 0 Å². The Morgan fingerprint density at radius 2 is 1.59 bits per heavy atom.